The molecule has 2 aromatic carbocycles. The van der Waals surface area contributed by atoms with Crippen molar-refractivity contribution in [2.75, 3.05) is 19.7 Å². The topological polar surface area (TPSA) is 125 Å². The normalized spacial score (nSPS) is 17.4. The molecule has 1 atom stereocenters. The van der Waals surface area contributed by atoms with E-state index in [1.54, 1.807) is 0 Å². The van der Waals surface area contributed by atoms with Gasteiger partial charge in [-0.05, 0) is 42.0 Å². The van der Waals surface area contributed by atoms with Crippen molar-refractivity contribution >= 4 is 18.0 Å². The van der Waals surface area contributed by atoms with E-state index in [0.717, 1.165) is 29.2 Å². The van der Waals surface area contributed by atoms with Gasteiger partial charge in [-0.25, -0.2) is 9.59 Å². The summed E-state index contributed by atoms with van der Waals surface area (Å²) in [6, 6.07) is 16.1. The van der Waals surface area contributed by atoms with Gasteiger partial charge < -0.3 is 25.6 Å². The SMILES string of the molecule is CC(O)(CNC(=O)C1(CNC(=O)OCC2c3ccccc3-c3ccccc32)CC1)C(=O)O. The van der Waals surface area contributed by atoms with Crippen LogP contribution in [0.2, 0.25) is 0 Å². The number of alkyl carbamates (subject to hydrolysis) is 1. The molecule has 8 nitrogen and oxygen atoms in total. The Morgan fingerprint density at radius 1 is 1.03 bits per heavy atom. The first-order valence-electron chi connectivity index (χ1n) is 10.6. The molecule has 0 bridgehead atoms. The van der Waals surface area contributed by atoms with Crippen LogP contribution in [0.4, 0.5) is 4.79 Å². The minimum Gasteiger partial charge on any atom is -0.479 e. The van der Waals surface area contributed by atoms with Gasteiger partial charge in [-0.2, -0.15) is 0 Å². The quantitative estimate of drug-likeness (QED) is 0.501. The average Bonchev–Trinajstić information content (AvgIpc) is 3.51. The summed E-state index contributed by atoms with van der Waals surface area (Å²) in [5, 5.41) is 23.8. The molecule has 1 unspecified atom stereocenters. The zero-order valence-electron chi connectivity index (χ0n) is 17.8. The van der Waals surface area contributed by atoms with Crippen molar-refractivity contribution in [2.24, 2.45) is 5.41 Å². The van der Waals surface area contributed by atoms with Gasteiger partial charge >= 0.3 is 12.1 Å². The number of aliphatic hydroxyl groups is 1. The molecule has 0 spiro atoms. The maximum absolute atomic E-state index is 12.4. The average molecular weight is 438 g/mol. The first-order chi connectivity index (χ1) is 15.2. The summed E-state index contributed by atoms with van der Waals surface area (Å²) >= 11 is 0. The molecule has 8 heteroatoms. The Bertz CT molecular complexity index is 1010. The Labute approximate surface area is 185 Å². The van der Waals surface area contributed by atoms with Crippen LogP contribution in [0.25, 0.3) is 11.1 Å². The molecule has 4 N–H and O–H groups in total. The number of aliphatic carboxylic acids is 1. The molecule has 32 heavy (non-hydrogen) atoms. The van der Waals surface area contributed by atoms with Gasteiger partial charge in [-0.15, -0.1) is 0 Å². The second kappa shape index (κ2) is 8.27. The van der Waals surface area contributed by atoms with Crippen LogP contribution < -0.4 is 10.6 Å². The number of hydrogen-bond donors (Lipinski definition) is 4. The van der Waals surface area contributed by atoms with Crippen molar-refractivity contribution in [3.63, 3.8) is 0 Å². The smallest absolute Gasteiger partial charge is 0.407 e. The van der Waals surface area contributed by atoms with Crippen LogP contribution in [0, 0.1) is 5.41 Å². The summed E-state index contributed by atoms with van der Waals surface area (Å²) in [4.78, 5) is 35.8. The second-order valence-electron chi connectivity index (χ2n) is 8.72. The molecule has 0 aromatic heterocycles. The number of ether oxygens (including phenoxy) is 1. The fourth-order valence-electron chi connectivity index (χ4n) is 4.04. The van der Waals surface area contributed by atoms with Gasteiger partial charge in [0.25, 0.3) is 0 Å². The van der Waals surface area contributed by atoms with E-state index in [1.807, 2.05) is 36.4 Å². The van der Waals surface area contributed by atoms with E-state index in [4.69, 9.17) is 9.84 Å². The predicted molar refractivity (Wildman–Crippen MR) is 116 cm³/mol. The van der Waals surface area contributed by atoms with Gasteiger partial charge in [0.2, 0.25) is 5.91 Å². The van der Waals surface area contributed by atoms with Crippen molar-refractivity contribution in [2.45, 2.75) is 31.3 Å². The van der Waals surface area contributed by atoms with Crippen LogP contribution in [0.5, 0.6) is 0 Å². The fourth-order valence-corrected chi connectivity index (χ4v) is 4.04. The number of nitrogens with one attached hydrogen (secondary N) is 2. The molecule has 168 valence electrons. The Balaban J connectivity index is 1.31. The minimum atomic E-state index is -2.05. The summed E-state index contributed by atoms with van der Waals surface area (Å²) < 4.78 is 5.49. The number of carboxylic acids is 1. The lowest BCUT2D eigenvalue weighted by Gasteiger charge is -2.21. The van der Waals surface area contributed by atoms with Gasteiger partial charge in [-0.1, -0.05) is 48.5 Å². The molecule has 4 rings (SSSR count). The largest absolute Gasteiger partial charge is 0.479 e. The molecule has 0 saturated heterocycles. The van der Waals surface area contributed by atoms with Crippen LogP contribution in [-0.4, -0.2) is 53.5 Å². The first-order valence-corrected chi connectivity index (χ1v) is 10.6. The van der Waals surface area contributed by atoms with Gasteiger partial charge in [-0.3, -0.25) is 4.79 Å². The zero-order valence-corrected chi connectivity index (χ0v) is 17.8. The van der Waals surface area contributed by atoms with Gasteiger partial charge in [0.05, 0.1) is 12.0 Å². The third-order valence-corrected chi connectivity index (χ3v) is 6.30. The second-order valence-corrected chi connectivity index (χ2v) is 8.72. The molecular weight excluding hydrogens is 412 g/mol. The van der Waals surface area contributed by atoms with Crippen LogP contribution >= 0.6 is 0 Å². The summed E-state index contributed by atoms with van der Waals surface area (Å²) in [6.07, 6.45) is 0.526. The molecule has 2 aromatic rings. The third kappa shape index (κ3) is 4.18. The summed E-state index contributed by atoms with van der Waals surface area (Å²) in [5.74, 6) is -1.86. The highest BCUT2D eigenvalue weighted by Crippen LogP contribution is 2.46. The predicted octanol–water partition coefficient (Wildman–Crippen LogP) is 2.26. The van der Waals surface area contributed by atoms with Crippen molar-refractivity contribution in [1.82, 2.24) is 10.6 Å². The molecule has 2 aliphatic carbocycles. The monoisotopic (exact) mass is 438 g/mol. The van der Waals surface area contributed by atoms with E-state index < -0.39 is 35.5 Å². The number of amides is 2. The van der Waals surface area contributed by atoms with Crippen molar-refractivity contribution in [3.05, 3.63) is 59.7 Å². The number of benzene rings is 2. The van der Waals surface area contributed by atoms with Gasteiger partial charge in [0.15, 0.2) is 5.60 Å². The van der Waals surface area contributed by atoms with Gasteiger partial charge in [0.1, 0.15) is 6.61 Å². The molecule has 1 fully saturated rings. The minimum absolute atomic E-state index is 0.0513. The highest BCUT2D eigenvalue weighted by molar-refractivity contribution is 5.87. The van der Waals surface area contributed by atoms with Crippen LogP contribution in [0.1, 0.15) is 36.8 Å². The number of hydrogen-bond acceptors (Lipinski definition) is 5. The molecule has 2 amide bonds. The number of carbonyl (C=O) groups excluding carboxylic acids is 2. The Morgan fingerprint density at radius 3 is 2.12 bits per heavy atom. The van der Waals surface area contributed by atoms with Gasteiger partial charge in [0, 0.05) is 12.5 Å². The standard InChI is InChI=1S/C24H26N2O6/c1-23(31,21(28)29)13-25-20(27)24(10-11-24)14-26-22(30)32-12-19-17-8-4-2-6-15(17)16-7-3-5-9-18(16)19/h2-9,19,31H,10-14H2,1H3,(H,25,27)(H,26,30)(H,28,29). The number of fused-ring (bicyclic) bond motifs is 3. The van der Waals surface area contributed by atoms with Crippen LogP contribution in [0.15, 0.2) is 48.5 Å². The van der Waals surface area contributed by atoms with E-state index in [0.29, 0.717) is 12.8 Å². The Kier molecular flexibility index (Phi) is 5.64. The molecular formula is C24H26N2O6. The lowest BCUT2D eigenvalue weighted by atomic mass is 9.98. The van der Waals surface area contributed by atoms with E-state index in [1.165, 1.54) is 0 Å². The summed E-state index contributed by atoms with van der Waals surface area (Å²) in [7, 11) is 0. The maximum atomic E-state index is 12.4. The zero-order chi connectivity index (χ0) is 22.9. The van der Waals surface area contributed by atoms with Crippen molar-refractivity contribution in [1.29, 1.82) is 0 Å². The van der Waals surface area contributed by atoms with E-state index in [-0.39, 0.29) is 19.1 Å². The Morgan fingerprint density at radius 2 is 1.59 bits per heavy atom. The maximum Gasteiger partial charge on any atom is 0.407 e. The summed E-state index contributed by atoms with van der Waals surface area (Å²) in [6.45, 7) is 0.975. The van der Waals surface area contributed by atoms with Crippen molar-refractivity contribution in [3.8, 4) is 11.1 Å². The molecule has 0 aliphatic heterocycles. The third-order valence-electron chi connectivity index (χ3n) is 6.30. The van der Waals surface area contributed by atoms with Crippen LogP contribution in [-0.2, 0) is 14.3 Å². The highest BCUT2D eigenvalue weighted by Gasteiger charge is 2.50. The van der Waals surface area contributed by atoms with E-state index >= 15 is 0 Å². The summed E-state index contributed by atoms with van der Waals surface area (Å²) in [5.41, 5.74) is 1.67. The first kappa shape index (κ1) is 21.8. The van der Waals surface area contributed by atoms with E-state index in [9.17, 15) is 19.5 Å². The molecule has 0 heterocycles. The fraction of sp³-hybridized carbons (Fsp3) is 0.375. The number of carbonyl (C=O) groups is 3. The lowest BCUT2D eigenvalue weighted by Crippen LogP contribution is -2.49. The van der Waals surface area contributed by atoms with Crippen LogP contribution in [0.3, 0.4) is 0 Å². The number of carboxylic acid groups (broad SMARTS) is 1. The highest BCUT2D eigenvalue weighted by atomic mass is 16.5. The van der Waals surface area contributed by atoms with Crippen molar-refractivity contribution < 1.29 is 29.3 Å². The molecule has 2 aliphatic rings. The lowest BCUT2D eigenvalue weighted by molar-refractivity contribution is -0.156. The number of rotatable bonds is 8. The molecule has 1 saturated carbocycles. The van der Waals surface area contributed by atoms with E-state index in [2.05, 4.69) is 22.8 Å². The Hall–Kier alpha value is -3.39. The molecule has 0 radical (unpaired) electrons.